The van der Waals surface area contributed by atoms with Gasteiger partial charge < -0.3 is 54.4 Å². The van der Waals surface area contributed by atoms with E-state index in [1.807, 2.05) is 0 Å². The Morgan fingerprint density at radius 2 is 1.23 bits per heavy atom. The summed E-state index contributed by atoms with van der Waals surface area (Å²) >= 11 is 0. The number of nitrogens with one attached hydrogen (secondary N) is 4. The van der Waals surface area contributed by atoms with Crippen molar-refractivity contribution >= 4 is 53.7 Å². The summed E-state index contributed by atoms with van der Waals surface area (Å²) in [4.78, 5) is 115. The average Bonchev–Trinajstić information content (AvgIpc) is 3.18. The molecule has 0 bridgehead atoms. The maximum Gasteiger partial charge on any atom is 0.408 e. The van der Waals surface area contributed by atoms with E-state index in [2.05, 4.69) is 21.3 Å². The fraction of sp³-hybridized carbons (Fsp3) is 0.500. The van der Waals surface area contributed by atoms with Crippen molar-refractivity contribution in [1.82, 2.24) is 21.3 Å². The van der Waals surface area contributed by atoms with Gasteiger partial charge in [0.25, 0.3) is 0 Å². The van der Waals surface area contributed by atoms with Crippen molar-refractivity contribution in [3.63, 3.8) is 0 Å². The molecule has 0 radical (unpaired) electrons. The van der Waals surface area contributed by atoms with E-state index >= 15 is 0 Å². The number of benzene rings is 2. The Balaban J connectivity index is 1.88. The molecule has 4 amide bonds. The van der Waals surface area contributed by atoms with Gasteiger partial charge in [-0.15, -0.1) is 0 Å². The summed E-state index contributed by atoms with van der Waals surface area (Å²) in [5.74, 6) is -6.76. The zero-order valence-electron chi connectivity index (χ0n) is 35.6. The van der Waals surface area contributed by atoms with E-state index in [-0.39, 0.29) is 13.0 Å². The second-order valence-electron chi connectivity index (χ2n) is 15.0. The molecule has 1 aliphatic rings. The Bertz CT molecular complexity index is 1890. The molecule has 4 N–H and O–H groups in total. The first-order valence-electron chi connectivity index (χ1n) is 19.6. The molecule has 1 saturated heterocycles. The van der Waals surface area contributed by atoms with E-state index in [4.69, 9.17) is 33.2 Å². The van der Waals surface area contributed by atoms with Gasteiger partial charge in [0, 0.05) is 40.5 Å². The second kappa shape index (κ2) is 24.0. The van der Waals surface area contributed by atoms with Crippen LogP contribution in [0.4, 0.5) is 4.79 Å². The first kappa shape index (κ1) is 49.8. The van der Waals surface area contributed by atoms with Crippen LogP contribution in [0.1, 0.15) is 72.4 Å². The van der Waals surface area contributed by atoms with Crippen LogP contribution < -0.4 is 21.3 Å². The largest absolute Gasteiger partial charge is 0.463 e. The Morgan fingerprint density at radius 1 is 0.661 bits per heavy atom. The maximum absolute atomic E-state index is 13.9. The second-order valence-corrected chi connectivity index (χ2v) is 15.0. The molecule has 1 aliphatic heterocycles. The van der Waals surface area contributed by atoms with Gasteiger partial charge in [0.1, 0.15) is 43.5 Å². The standard InChI is InChI=1S/C42H54N4O16/c1-24(47)56-23-32-35(58-25(2)48)36(59-26(3)49)37(60-27(4)50)40(61-32)46-33(51)19-18-30(38(53)43-21-34(52)62-42(5,6)7)44-39(54)31(20-28-14-10-8-11-15-28)45-41(55)57-22-29-16-12-9-13-17-29/h8-17,30-32,35-37,40H,18-23H2,1-7H3,(H,43,53)(H,44,54)(H,45,55)(H,46,51)/t30-,31-,32+,35+,36-,37+,40+/m0/s1. The van der Waals surface area contributed by atoms with E-state index in [0.717, 1.165) is 27.7 Å². The summed E-state index contributed by atoms with van der Waals surface area (Å²) in [6, 6.07) is 14.7. The minimum atomic E-state index is -1.61. The van der Waals surface area contributed by atoms with Crippen LogP contribution in [0.2, 0.25) is 0 Å². The third kappa shape index (κ3) is 18.0. The number of hydrogen-bond donors (Lipinski definition) is 4. The van der Waals surface area contributed by atoms with Gasteiger partial charge in [0.15, 0.2) is 24.5 Å². The minimum Gasteiger partial charge on any atom is -0.463 e. The molecule has 7 atom stereocenters. The van der Waals surface area contributed by atoms with Crippen LogP contribution in [0.25, 0.3) is 0 Å². The van der Waals surface area contributed by atoms with Crippen LogP contribution in [0, 0.1) is 0 Å². The van der Waals surface area contributed by atoms with Gasteiger partial charge in [-0.3, -0.25) is 38.4 Å². The first-order chi connectivity index (χ1) is 29.2. The molecule has 20 nitrogen and oxygen atoms in total. The molecule has 0 spiro atoms. The molecule has 0 unspecified atom stereocenters. The number of hydrogen-bond acceptors (Lipinski definition) is 16. The van der Waals surface area contributed by atoms with E-state index < -0.39 is 128 Å². The number of carbonyl (C=O) groups excluding carboxylic acids is 9. The SMILES string of the molecule is CC(=O)OC[C@H]1O[C@@H](NC(=O)CC[C@H](NC(=O)[C@H](Cc2ccccc2)NC(=O)OCc2ccccc2)C(=O)NCC(=O)OC(C)(C)C)[C@H](OC(C)=O)[C@@H](OC(C)=O)[C@@H]1OC(C)=O. The highest BCUT2D eigenvalue weighted by Gasteiger charge is 2.52. The lowest BCUT2D eigenvalue weighted by molar-refractivity contribution is -0.257. The predicted molar refractivity (Wildman–Crippen MR) is 214 cm³/mol. The van der Waals surface area contributed by atoms with Crippen molar-refractivity contribution in [3.05, 3.63) is 71.8 Å². The lowest BCUT2D eigenvalue weighted by Gasteiger charge is -2.44. The number of rotatable bonds is 19. The molecule has 0 aromatic heterocycles. The molecule has 1 heterocycles. The molecule has 0 aliphatic carbocycles. The molecule has 62 heavy (non-hydrogen) atoms. The first-order valence-corrected chi connectivity index (χ1v) is 19.6. The van der Waals surface area contributed by atoms with Crippen LogP contribution in [-0.2, 0) is 84.5 Å². The minimum absolute atomic E-state index is 0.0389. The number of esters is 5. The smallest absolute Gasteiger partial charge is 0.408 e. The summed E-state index contributed by atoms with van der Waals surface area (Å²) in [7, 11) is 0. The van der Waals surface area contributed by atoms with Gasteiger partial charge in [-0.1, -0.05) is 60.7 Å². The highest BCUT2D eigenvalue weighted by molar-refractivity contribution is 5.93. The van der Waals surface area contributed by atoms with Gasteiger partial charge in [0.05, 0.1) is 0 Å². The van der Waals surface area contributed by atoms with Gasteiger partial charge in [-0.25, -0.2) is 4.79 Å². The molecule has 3 rings (SSSR count). The van der Waals surface area contributed by atoms with Crippen LogP contribution in [0.5, 0.6) is 0 Å². The quantitative estimate of drug-likeness (QED) is 0.115. The average molecular weight is 871 g/mol. The number of ether oxygens (including phenoxy) is 7. The zero-order valence-corrected chi connectivity index (χ0v) is 35.6. The highest BCUT2D eigenvalue weighted by Crippen LogP contribution is 2.28. The summed E-state index contributed by atoms with van der Waals surface area (Å²) in [5, 5.41) is 9.99. The van der Waals surface area contributed by atoms with Crippen LogP contribution in [-0.4, -0.2) is 115 Å². The summed E-state index contributed by atoms with van der Waals surface area (Å²) < 4.78 is 37.8. The number of amides is 4. The van der Waals surface area contributed by atoms with Crippen LogP contribution >= 0.6 is 0 Å². The zero-order chi connectivity index (χ0) is 46.0. The van der Waals surface area contributed by atoms with Gasteiger partial charge in [0.2, 0.25) is 17.7 Å². The Hall–Kier alpha value is -6.57. The van der Waals surface area contributed by atoms with E-state index in [1.165, 1.54) is 0 Å². The molecule has 20 heteroatoms. The van der Waals surface area contributed by atoms with Crippen molar-refractivity contribution < 1.29 is 76.3 Å². The summed E-state index contributed by atoms with van der Waals surface area (Å²) in [6.07, 6.45) is -9.55. The van der Waals surface area contributed by atoms with Crippen molar-refractivity contribution in [3.8, 4) is 0 Å². The van der Waals surface area contributed by atoms with Crippen molar-refractivity contribution in [2.24, 2.45) is 0 Å². The molecule has 1 fully saturated rings. The van der Waals surface area contributed by atoms with E-state index in [1.54, 1.807) is 81.4 Å². The van der Waals surface area contributed by atoms with E-state index in [9.17, 15) is 43.2 Å². The fourth-order valence-electron chi connectivity index (χ4n) is 6.02. The molecule has 2 aromatic rings. The van der Waals surface area contributed by atoms with Crippen LogP contribution in [0.15, 0.2) is 60.7 Å². The molecule has 2 aromatic carbocycles. The Morgan fingerprint density at radius 3 is 1.79 bits per heavy atom. The van der Waals surface area contributed by atoms with Gasteiger partial charge >= 0.3 is 35.9 Å². The topological polar surface area (TPSA) is 266 Å². The van der Waals surface area contributed by atoms with Crippen molar-refractivity contribution in [1.29, 1.82) is 0 Å². The van der Waals surface area contributed by atoms with E-state index in [0.29, 0.717) is 11.1 Å². The highest BCUT2D eigenvalue weighted by atomic mass is 16.7. The van der Waals surface area contributed by atoms with Crippen molar-refractivity contribution in [2.45, 2.75) is 123 Å². The van der Waals surface area contributed by atoms with Crippen LogP contribution in [0.3, 0.4) is 0 Å². The fourth-order valence-corrected chi connectivity index (χ4v) is 6.02. The third-order valence-corrected chi connectivity index (χ3v) is 8.52. The summed E-state index contributed by atoms with van der Waals surface area (Å²) in [6.45, 7) is 7.86. The normalized spacial score (nSPS) is 19.2. The lowest BCUT2D eigenvalue weighted by Crippen LogP contribution is -2.66. The van der Waals surface area contributed by atoms with Crippen molar-refractivity contribution in [2.75, 3.05) is 13.2 Å². The van der Waals surface area contributed by atoms with Gasteiger partial charge in [-0.2, -0.15) is 0 Å². The molecule has 338 valence electrons. The molecule has 0 saturated carbocycles. The third-order valence-electron chi connectivity index (χ3n) is 8.52. The monoisotopic (exact) mass is 870 g/mol. The lowest BCUT2D eigenvalue weighted by atomic mass is 9.97. The molecular formula is C42H54N4O16. The molecular weight excluding hydrogens is 816 g/mol. The predicted octanol–water partition coefficient (Wildman–Crippen LogP) is 1.45. The summed E-state index contributed by atoms with van der Waals surface area (Å²) in [5.41, 5.74) is 0.454. The Labute approximate surface area is 358 Å². The Kier molecular flexibility index (Phi) is 19.3. The number of carbonyl (C=O) groups is 9. The number of alkyl carbamates (subject to hydrolysis) is 1. The maximum atomic E-state index is 13.9. The van der Waals surface area contributed by atoms with Gasteiger partial charge in [-0.05, 0) is 38.3 Å².